The predicted molar refractivity (Wildman–Crippen MR) is 121 cm³/mol. The molecule has 30 heavy (non-hydrogen) atoms. The summed E-state index contributed by atoms with van der Waals surface area (Å²) < 4.78 is 16.8. The number of halogens is 1. The SMILES string of the molecule is C=C(c1cc2c(F)cccc2n1CC1CC1)N1CCNc2cc(C(C)=O)cc(C)c21. The van der Waals surface area contributed by atoms with Gasteiger partial charge in [-0.15, -0.1) is 0 Å². The molecule has 3 aromatic rings. The summed E-state index contributed by atoms with van der Waals surface area (Å²) in [6.07, 6.45) is 2.45. The van der Waals surface area contributed by atoms with E-state index in [1.54, 1.807) is 13.0 Å². The van der Waals surface area contributed by atoms with E-state index >= 15 is 0 Å². The Labute approximate surface area is 176 Å². The summed E-state index contributed by atoms with van der Waals surface area (Å²) in [5.41, 5.74) is 6.48. The van der Waals surface area contributed by atoms with Crippen molar-refractivity contribution in [2.24, 2.45) is 5.92 Å². The maximum absolute atomic E-state index is 14.6. The Kier molecular flexibility index (Phi) is 4.42. The van der Waals surface area contributed by atoms with Crippen LogP contribution in [0.3, 0.4) is 0 Å². The molecule has 2 aliphatic rings. The number of benzene rings is 2. The van der Waals surface area contributed by atoms with E-state index in [1.807, 2.05) is 31.2 Å². The molecule has 1 saturated carbocycles. The Balaban J connectivity index is 1.62. The van der Waals surface area contributed by atoms with Gasteiger partial charge in [0.15, 0.2) is 5.78 Å². The quantitative estimate of drug-likeness (QED) is 0.563. The first kappa shape index (κ1) is 18.9. The lowest BCUT2D eigenvalue weighted by atomic mass is 10.0. The van der Waals surface area contributed by atoms with Crippen LogP contribution >= 0.6 is 0 Å². The lowest BCUT2D eigenvalue weighted by Gasteiger charge is -2.35. The van der Waals surface area contributed by atoms with Gasteiger partial charge < -0.3 is 14.8 Å². The second kappa shape index (κ2) is 7.01. The van der Waals surface area contributed by atoms with Crippen molar-refractivity contribution < 1.29 is 9.18 Å². The molecule has 0 radical (unpaired) electrons. The minimum atomic E-state index is -0.195. The summed E-state index contributed by atoms with van der Waals surface area (Å²) in [5.74, 6) is 0.517. The summed E-state index contributed by atoms with van der Waals surface area (Å²) in [7, 11) is 0. The first-order valence-electron chi connectivity index (χ1n) is 10.6. The van der Waals surface area contributed by atoms with Crippen molar-refractivity contribution in [2.75, 3.05) is 23.3 Å². The molecule has 1 aliphatic carbocycles. The van der Waals surface area contributed by atoms with Crippen molar-refractivity contribution in [1.29, 1.82) is 0 Å². The average Bonchev–Trinajstić information content (AvgIpc) is 3.47. The van der Waals surface area contributed by atoms with E-state index in [0.29, 0.717) is 16.9 Å². The van der Waals surface area contributed by atoms with Gasteiger partial charge in [-0.2, -0.15) is 0 Å². The zero-order valence-electron chi connectivity index (χ0n) is 17.5. The van der Waals surface area contributed by atoms with Gasteiger partial charge in [0.25, 0.3) is 0 Å². The highest BCUT2D eigenvalue weighted by molar-refractivity contribution is 5.99. The van der Waals surface area contributed by atoms with Crippen molar-refractivity contribution in [3.63, 3.8) is 0 Å². The first-order valence-corrected chi connectivity index (χ1v) is 10.6. The fraction of sp³-hybridized carbons (Fsp3) is 0.320. The largest absolute Gasteiger partial charge is 0.382 e. The van der Waals surface area contributed by atoms with E-state index in [-0.39, 0.29) is 11.6 Å². The number of ketones is 1. The molecule has 2 heterocycles. The van der Waals surface area contributed by atoms with E-state index in [2.05, 4.69) is 21.4 Å². The molecule has 2 aromatic carbocycles. The molecule has 0 spiro atoms. The van der Waals surface area contributed by atoms with Gasteiger partial charge in [-0.05, 0) is 68.5 Å². The van der Waals surface area contributed by atoms with Crippen LogP contribution in [0.4, 0.5) is 15.8 Å². The van der Waals surface area contributed by atoms with Gasteiger partial charge in [-0.25, -0.2) is 4.39 Å². The maximum atomic E-state index is 14.6. The summed E-state index contributed by atoms with van der Waals surface area (Å²) in [6, 6.07) is 11.1. The minimum Gasteiger partial charge on any atom is -0.382 e. The van der Waals surface area contributed by atoms with Crippen molar-refractivity contribution in [3.8, 4) is 0 Å². The van der Waals surface area contributed by atoms with Crippen LogP contribution in [0.2, 0.25) is 0 Å². The Hall–Kier alpha value is -3.08. The zero-order chi connectivity index (χ0) is 21.0. The molecular weight excluding hydrogens is 377 g/mol. The number of aryl methyl sites for hydroxylation is 1. The molecule has 154 valence electrons. The number of nitrogens with one attached hydrogen (secondary N) is 1. The third kappa shape index (κ3) is 3.09. The van der Waals surface area contributed by atoms with Crippen molar-refractivity contribution in [2.45, 2.75) is 33.2 Å². The fourth-order valence-electron chi connectivity index (χ4n) is 4.54. The molecule has 1 aromatic heterocycles. The molecule has 5 heteroatoms. The van der Waals surface area contributed by atoms with Crippen molar-refractivity contribution in [3.05, 3.63) is 65.6 Å². The molecule has 0 saturated heterocycles. The number of anilines is 2. The van der Waals surface area contributed by atoms with Crippen molar-refractivity contribution >= 4 is 33.8 Å². The van der Waals surface area contributed by atoms with E-state index in [1.165, 1.54) is 18.9 Å². The Morgan fingerprint density at radius 1 is 1.27 bits per heavy atom. The number of Topliss-reactive ketones (excluding diaryl/α,β-unsaturated/α-hetero) is 1. The highest BCUT2D eigenvalue weighted by Gasteiger charge is 2.28. The minimum absolute atomic E-state index is 0.0543. The van der Waals surface area contributed by atoms with Gasteiger partial charge in [0, 0.05) is 30.6 Å². The molecule has 0 unspecified atom stereocenters. The second-order valence-electron chi connectivity index (χ2n) is 8.53. The predicted octanol–water partition coefficient (Wildman–Crippen LogP) is 5.60. The molecule has 4 nitrogen and oxygen atoms in total. The van der Waals surface area contributed by atoms with Crippen LogP contribution in [0.25, 0.3) is 16.6 Å². The van der Waals surface area contributed by atoms with E-state index in [4.69, 9.17) is 0 Å². The number of aromatic nitrogens is 1. The van der Waals surface area contributed by atoms with Crippen LogP contribution in [-0.4, -0.2) is 23.4 Å². The number of carbonyl (C=O) groups excluding carboxylic acids is 1. The standard InChI is InChI=1S/C25H26FN3O/c1-15-11-19(17(3)30)12-22-25(15)28(10-9-27-22)16(2)24-13-20-21(26)5-4-6-23(20)29(24)14-18-7-8-18/h4-6,11-13,18,27H,2,7-10,14H2,1,3H3. The van der Waals surface area contributed by atoms with E-state index < -0.39 is 0 Å². The van der Waals surface area contributed by atoms with Gasteiger partial charge in [0.2, 0.25) is 0 Å². The third-order valence-electron chi connectivity index (χ3n) is 6.28. The van der Waals surface area contributed by atoms with Crippen LogP contribution in [0.15, 0.2) is 43.0 Å². The Bertz CT molecular complexity index is 1190. The molecule has 5 rings (SSSR count). The van der Waals surface area contributed by atoms with Gasteiger partial charge >= 0.3 is 0 Å². The second-order valence-corrected chi connectivity index (χ2v) is 8.53. The van der Waals surface area contributed by atoms with Crippen LogP contribution < -0.4 is 10.2 Å². The zero-order valence-corrected chi connectivity index (χ0v) is 17.5. The molecule has 1 aliphatic heterocycles. The van der Waals surface area contributed by atoms with Crippen LogP contribution in [0, 0.1) is 18.7 Å². The first-order chi connectivity index (χ1) is 14.4. The maximum Gasteiger partial charge on any atom is 0.159 e. The normalized spacial score (nSPS) is 15.8. The van der Waals surface area contributed by atoms with Gasteiger partial charge in [-0.3, -0.25) is 4.79 Å². The topological polar surface area (TPSA) is 37.3 Å². The molecule has 1 N–H and O–H groups in total. The Morgan fingerprint density at radius 2 is 2.07 bits per heavy atom. The van der Waals surface area contributed by atoms with Gasteiger partial charge in [0.05, 0.1) is 28.3 Å². The number of fused-ring (bicyclic) bond motifs is 2. The number of hydrogen-bond donors (Lipinski definition) is 1. The number of rotatable bonds is 5. The van der Waals surface area contributed by atoms with Crippen LogP contribution in [0.5, 0.6) is 0 Å². The number of hydrogen-bond acceptors (Lipinski definition) is 3. The van der Waals surface area contributed by atoms with E-state index in [0.717, 1.165) is 53.5 Å². The number of carbonyl (C=O) groups is 1. The van der Waals surface area contributed by atoms with Gasteiger partial charge in [-0.1, -0.05) is 12.6 Å². The van der Waals surface area contributed by atoms with Gasteiger partial charge in [0.1, 0.15) is 5.82 Å². The smallest absolute Gasteiger partial charge is 0.159 e. The fourth-order valence-corrected chi connectivity index (χ4v) is 4.54. The van der Waals surface area contributed by atoms with E-state index in [9.17, 15) is 9.18 Å². The summed E-state index contributed by atoms with van der Waals surface area (Å²) in [6.45, 7) is 10.5. The van der Waals surface area contributed by atoms with Crippen LogP contribution in [-0.2, 0) is 6.54 Å². The lowest BCUT2D eigenvalue weighted by molar-refractivity contribution is 0.101. The lowest BCUT2D eigenvalue weighted by Crippen LogP contribution is -2.34. The molecule has 0 atom stereocenters. The Morgan fingerprint density at radius 3 is 2.80 bits per heavy atom. The third-order valence-corrected chi connectivity index (χ3v) is 6.28. The summed E-state index contributed by atoms with van der Waals surface area (Å²) in [5, 5.41) is 4.07. The molecule has 0 bridgehead atoms. The molecular formula is C25H26FN3O. The molecule has 1 fully saturated rings. The van der Waals surface area contributed by atoms with Crippen LogP contribution in [0.1, 0.15) is 41.4 Å². The van der Waals surface area contributed by atoms with Crippen molar-refractivity contribution in [1.82, 2.24) is 4.57 Å². The summed E-state index contributed by atoms with van der Waals surface area (Å²) >= 11 is 0. The summed E-state index contributed by atoms with van der Waals surface area (Å²) in [4.78, 5) is 14.1. The average molecular weight is 404 g/mol. The highest BCUT2D eigenvalue weighted by atomic mass is 19.1. The molecule has 0 amide bonds. The monoisotopic (exact) mass is 403 g/mol. The number of nitrogens with zero attached hydrogens (tertiary/aromatic N) is 2. The highest BCUT2D eigenvalue weighted by Crippen LogP contribution is 2.40.